The van der Waals surface area contributed by atoms with Gasteiger partial charge in [-0.1, -0.05) is 0 Å². The Bertz CT molecular complexity index is 690. The summed E-state index contributed by atoms with van der Waals surface area (Å²) in [5.74, 6) is 1.65. The smallest absolute Gasteiger partial charge is 0.223 e. The van der Waals surface area contributed by atoms with E-state index in [4.69, 9.17) is 0 Å². The maximum Gasteiger partial charge on any atom is 0.223 e. The summed E-state index contributed by atoms with van der Waals surface area (Å²) < 4.78 is 1.83. The van der Waals surface area contributed by atoms with E-state index in [1.165, 1.54) is 0 Å². The molecule has 0 unspecified atom stereocenters. The molecule has 1 saturated carbocycles. The van der Waals surface area contributed by atoms with Gasteiger partial charge in [-0.3, -0.25) is 9.48 Å². The van der Waals surface area contributed by atoms with Gasteiger partial charge in [0.25, 0.3) is 0 Å². The molecule has 0 aromatic carbocycles. The molecule has 7 heteroatoms. The minimum atomic E-state index is 0.136. The van der Waals surface area contributed by atoms with Crippen LogP contribution in [0.1, 0.15) is 43.1 Å². The monoisotopic (exact) mass is 328 g/mol. The van der Waals surface area contributed by atoms with Gasteiger partial charge >= 0.3 is 0 Å². The Labute approximate surface area is 141 Å². The average Bonchev–Trinajstić information content (AvgIpc) is 3.09. The van der Waals surface area contributed by atoms with E-state index in [1.807, 2.05) is 24.1 Å². The van der Waals surface area contributed by atoms with E-state index >= 15 is 0 Å². The lowest BCUT2D eigenvalue weighted by molar-refractivity contribution is -0.139. The predicted molar refractivity (Wildman–Crippen MR) is 88.8 cm³/mol. The van der Waals surface area contributed by atoms with Crippen molar-refractivity contribution in [3.05, 3.63) is 36.2 Å². The van der Waals surface area contributed by atoms with Crippen LogP contribution in [0.25, 0.3) is 0 Å². The van der Waals surface area contributed by atoms with Crippen molar-refractivity contribution in [1.29, 1.82) is 0 Å². The van der Waals surface area contributed by atoms with Gasteiger partial charge in [-0.2, -0.15) is 5.10 Å². The summed E-state index contributed by atoms with van der Waals surface area (Å²) in [7, 11) is 1.93. The van der Waals surface area contributed by atoms with E-state index in [2.05, 4.69) is 31.5 Å². The molecule has 1 amide bonds. The number of nitrogens with one attached hydrogen (secondary N) is 2. The van der Waals surface area contributed by atoms with E-state index in [0.717, 1.165) is 43.7 Å². The number of imidazole rings is 1. The maximum atomic E-state index is 12.5. The summed E-state index contributed by atoms with van der Waals surface area (Å²) in [5, 5.41) is 7.83. The Morgan fingerprint density at radius 2 is 2.25 bits per heavy atom. The molecule has 4 rings (SSSR count). The zero-order chi connectivity index (χ0) is 16.5. The van der Waals surface area contributed by atoms with Crippen LogP contribution in [0.5, 0.6) is 0 Å². The van der Waals surface area contributed by atoms with Crippen LogP contribution < -0.4 is 5.32 Å². The van der Waals surface area contributed by atoms with Crippen LogP contribution in [-0.4, -0.2) is 43.1 Å². The highest BCUT2D eigenvalue weighted by Gasteiger charge is 2.44. The first-order chi connectivity index (χ1) is 11.7. The number of aryl methyl sites for hydroxylation is 1. The summed E-state index contributed by atoms with van der Waals surface area (Å²) >= 11 is 0. The zero-order valence-corrected chi connectivity index (χ0v) is 14.0. The highest BCUT2D eigenvalue weighted by Crippen LogP contribution is 2.43. The molecular formula is C17H24N6O. The summed E-state index contributed by atoms with van der Waals surface area (Å²) in [6, 6.07) is 0.562. The molecule has 1 aliphatic heterocycles. The van der Waals surface area contributed by atoms with Crippen molar-refractivity contribution in [2.45, 2.75) is 44.3 Å². The second-order valence-corrected chi connectivity index (χ2v) is 6.89. The van der Waals surface area contributed by atoms with Crippen molar-refractivity contribution in [3.8, 4) is 0 Å². The Hall–Kier alpha value is -2.15. The largest absolute Gasteiger partial charge is 0.348 e. The maximum absolute atomic E-state index is 12.5. The number of H-pyrrole nitrogens is 1. The van der Waals surface area contributed by atoms with Crippen LogP contribution in [0.4, 0.5) is 0 Å². The van der Waals surface area contributed by atoms with Gasteiger partial charge < -0.3 is 15.2 Å². The molecule has 128 valence electrons. The average molecular weight is 328 g/mol. The van der Waals surface area contributed by atoms with Gasteiger partial charge in [-0.25, -0.2) is 4.98 Å². The van der Waals surface area contributed by atoms with Gasteiger partial charge in [0.15, 0.2) is 0 Å². The first-order valence-corrected chi connectivity index (χ1v) is 8.71. The third kappa shape index (κ3) is 3.08. The number of hydrogen-bond donors (Lipinski definition) is 2. The van der Waals surface area contributed by atoms with Crippen molar-refractivity contribution in [3.63, 3.8) is 0 Å². The van der Waals surface area contributed by atoms with E-state index in [9.17, 15) is 4.79 Å². The lowest BCUT2D eigenvalue weighted by atomic mass is 9.85. The van der Waals surface area contributed by atoms with Gasteiger partial charge in [0, 0.05) is 50.2 Å². The molecule has 2 aromatic rings. The highest BCUT2D eigenvalue weighted by molar-refractivity contribution is 5.78. The number of aromatic nitrogens is 4. The Kier molecular flexibility index (Phi) is 4.10. The van der Waals surface area contributed by atoms with Gasteiger partial charge in [-0.05, 0) is 25.2 Å². The molecule has 2 aliphatic rings. The van der Waals surface area contributed by atoms with Gasteiger partial charge in [-0.15, -0.1) is 0 Å². The van der Waals surface area contributed by atoms with Gasteiger partial charge in [0.2, 0.25) is 5.91 Å². The van der Waals surface area contributed by atoms with Crippen LogP contribution in [0.15, 0.2) is 24.8 Å². The first-order valence-electron chi connectivity index (χ1n) is 8.71. The number of piperidine rings is 1. The molecule has 1 saturated heterocycles. The Balaban J connectivity index is 1.50. The Morgan fingerprint density at radius 1 is 1.38 bits per heavy atom. The molecule has 24 heavy (non-hydrogen) atoms. The molecule has 7 nitrogen and oxygen atoms in total. The lowest BCUT2D eigenvalue weighted by Gasteiger charge is -2.41. The molecule has 2 fully saturated rings. The van der Waals surface area contributed by atoms with Crippen LogP contribution in [-0.2, 0) is 18.4 Å². The fourth-order valence-electron chi connectivity index (χ4n) is 3.77. The molecule has 2 N–H and O–H groups in total. The number of likely N-dealkylation sites (tertiary alicyclic amines) is 1. The molecule has 0 bridgehead atoms. The summed E-state index contributed by atoms with van der Waals surface area (Å²) in [6.45, 7) is 1.59. The second kappa shape index (κ2) is 6.39. The highest BCUT2D eigenvalue weighted by atomic mass is 16.2. The van der Waals surface area contributed by atoms with Crippen LogP contribution in [0, 0.1) is 5.92 Å². The summed E-state index contributed by atoms with van der Waals surface area (Å²) in [6.07, 6.45) is 11.4. The molecular weight excluding hydrogens is 304 g/mol. The van der Waals surface area contributed by atoms with E-state index in [1.54, 1.807) is 6.20 Å². The van der Waals surface area contributed by atoms with Crippen molar-refractivity contribution < 1.29 is 4.79 Å². The topological polar surface area (TPSA) is 78.8 Å². The zero-order valence-electron chi connectivity index (χ0n) is 14.0. The number of aromatic amines is 1. The summed E-state index contributed by atoms with van der Waals surface area (Å²) in [5.41, 5.74) is 1.15. The minimum Gasteiger partial charge on any atom is -0.348 e. The standard InChI is InChI=1S/C17H24N6O/c1-22-11-13(9-21-22)17-12(8-18-10-15-19-6-7-20-15)2-5-16(24)23(17)14-3-4-14/h6-7,9,11-12,14,17-18H,2-5,8,10H2,1H3,(H,19,20)/t12-,17+/m1/s1. The Morgan fingerprint density at radius 3 is 2.92 bits per heavy atom. The van der Waals surface area contributed by atoms with Crippen molar-refractivity contribution in [2.24, 2.45) is 13.0 Å². The normalized spacial score (nSPS) is 24.5. The summed E-state index contributed by atoms with van der Waals surface area (Å²) in [4.78, 5) is 22.0. The minimum absolute atomic E-state index is 0.136. The van der Waals surface area contributed by atoms with Crippen LogP contribution >= 0.6 is 0 Å². The second-order valence-electron chi connectivity index (χ2n) is 6.89. The van der Waals surface area contributed by atoms with Crippen molar-refractivity contribution >= 4 is 5.91 Å². The van der Waals surface area contributed by atoms with Gasteiger partial charge in [0.1, 0.15) is 5.82 Å². The number of rotatable bonds is 6. The SMILES string of the molecule is Cn1cc([C@@H]2[C@@H](CNCc3ncc[nH]3)CCC(=O)N2C2CC2)cn1. The van der Waals surface area contributed by atoms with Crippen molar-refractivity contribution in [2.75, 3.05) is 6.54 Å². The van der Waals surface area contributed by atoms with Crippen LogP contribution in [0.2, 0.25) is 0 Å². The van der Waals surface area contributed by atoms with E-state index < -0.39 is 0 Å². The number of amides is 1. The quantitative estimate of drug-likeness (QED) is 0.839. The third-order valence-electron chi connectivity index (χ3n) is 5.02. The fourth-order valence-corrected chi connectivity index (χ4v) is 3.77. The van der Waals surface area contributed by atoms with E-state index in [-0.39, 0.29) is 6.04 Å². The number of carbonyl (C=O) groups is 1. The number of carbonyl (C=O) groups excluding carboxylic acids is 1. The fraction of sp³-hybridized carbons (Fsp3) is 0.588. The third-order valence-corrected chi connectivity index (χ3v) is 5.02. The van der Waals surface area contributed by atoms with E-state index in [0.29, 0.717) is 24.3 Å². The number of hydrogen-bond acceptors (Lipinski definition) is 4. The molecule has 2 aromatic heterocycles. The lowest BCUT2D eigenvalue weighted by Crippen LogP contribution is -2.46. The van der Waals surface area contributed by atoms with Crippen molar-refractivity contribution in [1.82, 2.24) is 30.0 Å². The molecule has 2 atom stereocenters. The number of nitrogens with zero attached hydrogens (tertiary/aromatic N) is 4. The first kappa shape index (κ1) is 15.4. The van der Waals surface area contributed by atoms with Gasteiger partial charge in [0.05, 0.1) is 18.8 Å². The predicted octanol–water partition coefficient (Wildman–Crippen LogP) is 1.38. The molecule has 0 radical (unpaired) electrons. The molecule has 3 heterocycles. The van der Waals surface area contributed by atoms with Crippen LogP contribution in [0.3, 0.4) is 0 Å². The molecule has 0 spiro atoms. The molecule has 1 aliphatic carbocycles.